The molecule has 0 fully saturated rings. The van der Waals surface area contributed by atoms with E-state index in [1.54, 1.807) is 25.3 Å². The third kappa shape index (κ3) is 4.43. The van der Waals surface area contributed by atoms with Crippen molar-refractivity contribution in [2.75, 3.05) is 14.2 Å². The van der Waals surface area contributed by atoms with Crippen molar-refractivity contribution >= 4 is 40.3 Å². The topological polar surface area (TPSA) is 77.6 Å². The molecule has 1 atom stereocenters. The lowest BCUT2D eigenvalue weighted by Gasteiger charge is -2.11. The summed E-state index contributed by atoms with van der Waals surface area (Å²) in [6.45, 7) is 1.54. The molecule has 3 rings (SSSR count). The average Bonchev–Trinajstić information content (AvgIpc) is 3.15. The Morgan fingerprint density at radius 1 is 1.14 bits per heavy atom. The van der Waals surface area contributed by atoms with Crippen molar-refractivity contribution < 1.29 is 23.8 Å². The highest BCUT2D eigenvalue weighted by molar-refractivity contribution is 6.32. The SMILES string of the molecule is COc1cc(/C=C/C(=O)O[C@H](C)C(=O)c2c[nH]c3ccccc23)cc(Cl)c1OC. The van der Waals surface area contributed by atoms with E-state index in [4.69, 9.17) is 25.8 Å². The van der Waals surface area contributed by atoms with Gasteiger partial charge >= 0.3 is 5.97 Å². The normalized spacial score (nSPS) is 12.1. The minimum Gasteiger partial charge on any atom is -0.493 e. The standard InChI is InChI=1S/C22H20ClNO5/c1-13(21(26)16-12-24-18-7-5-4-6-15(16)18)29-20(25)9-8-14-10-17(23)22(28-3)19(11-14)27-2/h4-13,24H,1-3H3/b9-8+/t13-/m1/s1. The number of hydrogen-bond acceptors (Lipinski definition) is 5. The molecule has 3 aromatic rings. The molecule has 1 N–H and O–H groups in total. The van der Waals surface area contributed by atoms with E-state index in [0.29, 0.717) is 27.6 Å². The van der Waals surface area contributed by atoms with Crippen LogP contribution < -0.4 is 9.47 Å². The van der Waals surface area contributed by atoms with Gasteiger partial charge in [0.25, 0.3) is 0 Å². The highest BCUT2D eigenvalue weighted by atomic mass is 35.5. The Bertz CT molecular complexity index is 1090. The first-order chi connectivity index (χ1) is 13.9. The molecule has 0 aliphatic rings. The van der Waals surface area contributed by atoms with Crippen LogP contribution in [0.1, 0.15) is 22.8 Å². The van der Waals surface area contributed by atoms with Crippen molar-refractivity contribution in [3.05, 3.63) is 64.8 Å². The number of hydrogen-bond donors (Lipinski definition) is 1. The lowest BCUT2D eigenvalue weighted by Crippen LogP contribution is -2.23. The maximum atomic E-state index is 12.7. The van der Waals surface area contributed by atoms with E-state index in [0.717, 1.165) is 10.9 Å². The Labute approximate surface area is 173 Å². The van der Waals surface area contributed by atoms with Crippen LogP contribution in [0.2, 0.25) is 5.02 Å². The number of aromatic amines is 1. The molecule has 0 aliphatic heterocycles. The van der Waals surface area contributed by atoms with Crippen molar-refractivity contribution in [3.8, 4) is 11.5 Å². The van der Waals surface area contributed by atoms with Gasteiger partial charge in [-0.25, -0.2) is 4.79 Å². The molecule has 29 heavy (non-hydrogen) atoms. The number of ketones is 1. The van der Waals surface area contributed by atoms with Gasteiger partial charge in [0.15, 0.2) is 17.6 Å². The number of esters is 1. The summed E-state index contributed by atoms with van der Waals surface area (Å²) in [5.41, 5.74) is 1.95. The van der Waals surface area contributed by atoms with Crippen molar-refractivity contribution in [2.45, 2.75) is 13.0 Å². The molecular formula is C22H20ClNO5. The number of methoxy groups -OCH3 is 2. The molecule has 150 valence electrons. The molecule has 0 aliphatic carbocycles. The van der Waals surface area contributed by atoms with Crippen LogP contribution in [0.25, 0.3) is 17.0 Å². The van der Waals surface area contributed by atoms with E-state index in [9.17, 15) is 9.59 Å². The lowest BCUT2D eigenvalue weighted by molar-refractivity contribution is -0.140. The van der Waals surface area contributed by atoms with E-state index in [1.807, 2.05) is 24.3 Å². The largest absolute Gasteiger partial charge is 0.493 e. The number of nitrogens with one attached hydrogen (secondary N) is 1. The molecule has 0 saturated heterocycles. The fourth-order valence-corrected chi connectivity index (χ4v) is 3.26. The fourth-order valence-electron chi connectivity index (χ4n) is 2.96. The van der Waals surface area contributed by atoms with Gasteiger partial charge in [-0.2, -0.15) is 0 Å². The van der Waals surface area contributed by atoms with E-state index in [-0.39, 0.29) is 5.78 Å². The average molecular weight is 414 g/mol. The molecule has 6 nitrogen and oxygen atoms in total. The van der Waals surface area contributed by atoms with E-state index in [2.05, 4.69) is 4.98 Å². The maximum absolute atomic E-state index is 12.7. The van der Waals surface area contributed by atoms with Crippen LogP contribution in [0.3, 0.4) is 0 Å². The van der Waals surface area contributed by atoms with Crippen molar-refractivity contribution in [1.29, 1.82) is 0 Å². The Morgan fingerprint density at radius 2 is 1.90 bits per heavy atom. The number of ether oxygens (including phenoxy) is 3. The van der Waals surface area contributed by atoms with Crippen LogP contribution >= 0.6 is 11.6 Å². The quantitative estimate of drug-likeness (QED) is 0.346. The summed E-state index contributed by atoms with van der Waals surface area (Å²) in [5.74, 6) is -0.0716. The van der Waals surface area contributed by atoms with Gasteiger partial charge in [0.1, 0.15) is 0 Å². The number of carbonyl (C=O) groups is 2. The molecule has 0 spiro atoms. The first-order valence-electron chi connectivity index (χ1n) is 8.85. The van der Waals surface area contributed by atoms with Crippen molar-refractivity contribution in [3.63, 3.8) is 0 Å². The zero-order valence-corrected chi connectivity index (χ0v) is 16.9. The monoisotopic (exact) mass is 413 g/mol. The number of benzene rings is 2. The van der Waals surface area contributed by atoms with Crippen molar-refractivity contribution in [2.24, 2.45) is 0 Å². The van der Waals surface area contributed by atoms with Gasteiger partial charge in [-0.15, -0.1) is 0 Å². The Kier molecular flexibility index (Phi) is 6.24. The Balaban J connectivity index is 1.70. The second kappa shape index (κ2) is 8.84. The summed E-state index contributed by atoms with van der Waals surface area (Å²) >= 11 is 6.16. The first kappa shape index (κ1) is 20.5. The molecule has 7 heteroatoms. The number of fused-ring (bicyclic) bond motifs is 1. The van der Waals surface area contributed by atoms with Gasteiger partial charge < -0.3 is 19.2 Å². The predicted molar refractivity (Wildman–Crippen MR) is 112 cm³/mol. The third-order valence-corrected chi connectivity index (χ3v) is 4.67. The molecule has 0 amide bonds. The van der Waals surface area contributed by atoms with Crippen LogP contribution in [0.15, 0.2) is 48.7 Å². The molecule has 0 radical (unpaired) electrons. The van der Waals surface area contributed by atoms with Gasteiger partial charge in [0, 0.05) is 28.7 Å². The fraction of sp³-hybridized carbons (Fsp3) is 0.182. The Morgan fingerprint density at radius 3 is 2.62 bits per heavy atom. The summed E-state index contributed by atoms with van der Waals surface area (Å²) in [6.07, 6.45) is 3.45. The number of rotatable bonds is 7. The second-order valence-electron chi connectivity index (χ2n) is 6.26. The summed E-state index contributed by atoms with van der Waals surface area (Å²) in [6, 6.07) is 10.7. The number of carbonyl (C=O) groups excluding carboxylic acids is 2. The van der Waals surface area contributed by atoms with Crippen LogP contribution in [0.5, 0.6) is 11.5 Å². The van der Waals surface area contributed by atoms with E-state index in [1.165, 1.54) is 26.4 Å². The third-order valence-electron chi connectivity index (χ3n) is 4.38. The molecular weight excluding hydrogens is 394 g/mol. The lowest BCUT2D eigenvalue weighted by atomic mass is 10.1. The summed E-state index contributed by atoms with van der Waals surface area (Å²) in [5, 5.41) is 1.14. The van der Waals surface area contributed by atoms with Crippen LogP contribution in [0, 0.1) is 0 Å². The summed E-state index contributed by atoms with van der Waals surface area (Å²) in [4.78, 5) is 27.9. The minimum atomic E-state index is -0.930. The van der Waals surface area contributed by atoms with Gasteiger partial charge in [0.05, 0.1) is 19.2 Å². The first-order valence-corrected chi connectivity index (χ1v) is 9.23. The van der Waals surface area contributed by atoms with Gasteiger partial charge in [-0.05, 0) is 36.8 Å². The smallest absolute Gasteiger partial charge is 0.331 e. The zero-order chi connectivity index (χ0) is 21.0. The predicted octanol–water partition coefficient (Wildman–Crippen LogP) is 4.67. The molecule has 0 bridgehead atoms. The maximum Gasteiger partial charge on any atom is 0.331 e. The van der Waals surface area contributed by atoms with Crippen LogP contribution in [0.4, 0.5) is 0 Å². The highest BCUT2D eigenvalue weighted by Crippen LogP contribution is 2.36. The van der Waals surface area contributed by atoms with Crippen LogP contribution in [-0.2, 0) is 9.53 Å². The van der Waals surface area contributed by atoms with Gasteiger partial charge in [-0.3, -0.25) is 4.79 Å². The Hall–Kier alpha value is -3.25. The van der Waals surface area contributed by atoms with Gasteiger partial charge in [0.2, 0.25) is 5.78 Å². The zero-order valence-electron chi connectivity index (χ0n) is 16.2. The number of Topliss-reactive ketones (excluding diaryl/α,β-unsaturated/α-hetero) is 1. The second-order valence-corrected chi connectivity index (χ2v) is 6.67. The molecule has 2 aromatic carbocycles. The molecule has 0 saturated carbocycles. The molecule has 0 unspecified atom stereocenters. The van der Waals surface area contributed by atoms with Crippen molar-refractivity contribution in [1.82, 2.24) is 4.98 Å². The van der Waals surface area contributed by atoms with Gasteiger partial charge in [-0.1, -0.05) is 29.8 Å². The molecule has 1 aromatic heterocycles. The number of halogens is 1. The van der Waals surface area contributed by atoms with E-state index >= 15 is 0 Å². The van der Waals surface area contributed by atoms with Crippen LogP contribution in [-0.4, -0.2) is 37.1 Å². The molecule has 1 heterocycles. The number of aromatic nitrogens is 1. The highest BCUT2D eigenvalue weighted by Gasteiger charge is 2.21. The number of para-hydroxylation sites is 1. The van der Waals surface area contributed by atoms with E-state index < -0.39 is 12.1 Å². The minimum absolute atomic E-state index is 0.279. The summed E-state index contributed by atoms with van der Waals surface area (Å²) in [7, 11) is 2.98. The summed E-state index contributed by atoms with van der Waals surface area (Å²) < 4.78 is 15.7. The number of H-pyrrole nitrogens is 1.